The zero-order valence-corrected chi connectivity index (χ0v) is 16.2. The van der Waals surface area contributed by atoms with E-state index < -0.39 is 10.0 Å². The fourth-order valence-corrected chi connectivity index (χ4v) is 3.48. The van der Waals surface area contributed by atoms with Gasteiger partial charge in [0.2, 0.25) is 10.0 Å². The van der Waals surface area contributed by atoms with Gasteiger partial charge in [-0.05, 0) is 56.0 Å². The Bertz CT molecular complexity index is 858. The van der Waals surface area contributed by atoms with Crippen molar-refractivity contribution in [2.45, 2.75) is 45.1 Å². The molecule has 0 aromatic heterocycles. The van der Waals surface area contributed by atoms with Crippen molar-refractivity contribution < 1.29 is 17.9 Å². The maximum Gasteiger partial charge on any atom is 0.306 e. The zero-order valence-electron chi connectivity index (χ0n) is 15.4. The van der Waals surface area contributed by atoms with Gasteiger partial charge in [0.15, 0.2) is 0 Å². The van der Waals surface area contributed by atoms with E-state index in [-0.39, 0.29) is 30.4 Å². The third-order valence-corrected chi connectivity index (χ3v) is 5.62. The predicted molar refractivity (Wildman–Crippen MR) is 101 cm³/mol. The second kappa shape index (κ2) is 8.96. The first kappa shape index (κ1) is 20.1. The van der Waals surface area contributed by atoms with Gasteiger partial charge >= 0.3 is 5.97 Å². The monoisotopic (exact) mass is 375 g/mol. The molecule has 2 rings (SSSR count). The molecule has 0 amide bonds. The molecule has 1 N–H and O–H groups in total. The lowest BCUT2D eigenvalue weighted by Crippen LogP contribution is -2.25. The summed E-state index contributed by atoms with van der Waals surface area (Å²) in [7, 11) is -3.56. The van der Waals surface area contributed by atoms with Gasteiger partial charge in [0.1, 0.15) is 6.61 Å². The van der Waals surface area contributed by atoms with Crippen LogP contribution in [0.25, 0.3) is 0 Å². The molecule has 0 fully saturated rings. The highest BCUT2D eigenvalue weighted by Crippen LogP contribution is 2.14. The van der Waals surface area contributed by atoms with Crippen LogP contribution in [0.4, 0.5) is 0 Å². The summed E-state index contributed by atoms with van der Waals surface area (Å²) in [6.07, 6.45) is 0.554. The summed E-state index contributed by atoms with van der Waals surface area (Å²) >= 11 is 0. The molecule has 0 heterocycles. The van der Waals surface area contributed by atoms with Crippen molar-refractivity contribution in [3.63, 3.8) is 0 Å². The molecule has 0 radical (unpaired) electrons. The van der Waals surface area contributed by atoms with Crippen molar-refractivity contribution in [3.05, 3.63) is 64.7 Å². The Kier molecular flexibility index (Phi) is 6.94. The fraction of sp³-hybridized carbons (Fsp3) is 0.350. The van der Waals surface area contributed by atoms with Gasteiger partial charge in [0, 0.05) is 13.0 Å². The molecular weight excluding hydrogens is 350 g/mol. The highest BCUT2D eigenvalue weighted by molar-refractivity contribution is 7.89. The van der Waals surface area contributed by atoms with Crippen LogP contribution in [-0.4, -0.2) is 20.9 Å². The molecule has 0 aliphatic rings. The number of benzene rings is 2. The topological polar surface area (TPSA) is 72.5 Å². The second-order valence-corrected chi connectivity index (χ2v) is 8.16. The van der Waals surface area contributed by atoms with E-state index in [9.17, 15) is 13.2 Å². The summed E-state index contributed by atoms with van der Waals surface area (Å²) in [4.78, 5) is 12.0. The molecule has 0 spiro atoms. The lowest BCUT2D eigenvalue weighted by Gasteiger charge is -2.09. The van der Waals surface area contributed by atoms with Crippen molar-refractivity contribution in [1.29, 1.82) is 0 Å². The minimum Gasteiger partial charge on any atom is -0.461 e. The molecule has 0 atom stereocenters. The van der Waals surface area contributed by atoms with E-state index in [2.05, 4.69) is 4.72 Å². The van der Waals surface area contributed by atoms with Gasteiger partial charge in [-0.15, -0.1) is 0 Å². The van der Waals surface area contributed by atoms with Crippen molar-refractivity contribution in [2.75, 3.05) is 6.54 Å². The number of carbonyl (C=O) groups excluding carboxylic acids is 1. The van der Waals surface area contributed by atoms with E-state index in [4.69, 9.17) is 4.74 Å². The van der Waals surface area contributed by atoms with Crippen molar-refractivity contribution in [2.24, 2.45) is 0 Å². The largest absolute Gasteiger partial charge is 0.461 e. The summed E-state index contributed by atoms with van der Waals surface area (Å²) in [5.41, 5.74) is 4.04. The number of carbonyl (C=O) groups is 1. The van der Waals surface area contributed by atoms with Gasteiger partial charge in [0.25, 0.3) is 0 Å². The fourth-order valence-electron chi connectivity index (χ4n) is 2.32. The maximum absolute atomic E-state index is 12.3. The third-order valence-electron chi connectivity index (χ3n) is 4.16. The number of esters is 1. The molecule has 140 valence electrons. The van der Waals surface area contributed by atoms with Crippen LogP contribution in [0.15, 0.2) is 47.4 Å². The Morgan fingerprint density at radius 1 is 1.00 bits per heavy atom. The highest BCUT2D eigenvalue weighted by Gasteiger charge is 2.14. The smallest absolute Gasteiger partial charge is 0.306 e. The minimum absolute atomic E-state index is 0.168. The SMILES string of the molecule is Cc1ccc(COC(=O)CCCNS(=O)(=O)c2ccc(C)c(C)c2)cc1. The summed E-state index contributed by atoms with van der Waals surface area (Å²) < 4.78 is 32.2. The van der Waals surface area contributed by atoms with Crippen LogP contribution in [0, 0.1) is 20.8 Å². The Balaban J connectivity index is 1.74. The first-order chi connectivity index (χ1) is 12.3. The molecule has 2 aromatic carbocycles. The normalized spacial score (nSPS) is 11.3. The van der Waals surface area contributed by atoms with E-state index in [0.717, 1.165) is 22.3 Å². The molecule has 0 aliphatic carbocycles. The van der Waals surface area contributed by atoms with Crippen molar-refractivity contribution in [3.8, 4) is 0 Å². The molecular formula is C20H25NO4S. The first-order valence-electron chi connectivity index (χ1n) is 8.56. The quantitative estimate of drug-likeness (QED) is 0.567. The lowest BCUT2D eigenvalue weighted by molar-refractivity contribution is -0.145. The highest BCUT2D eigenvalue weighted by atomic mass is 32.2. The lowest BCUT2D eigenvalue weighted by atomic mass is 10.1. The number of rotatable bonds is 8. The van der Waals surface area contributed by atoms with E-state index in [1.54, 1.807) is 18.2 Å². The van der Waals surface area contributed by atoms with Crippen LogP contribution in [-0.2, 0) is 26.2 Å². The van der Waals surface area contributed by atoms with Crippen LogP contribution in [0.3, 0.4) is 0 Å². The van der Waals surface area contributed by atoms with Crippen LogP contribution in [0.2, 0.25) is 0 Å². The Morgan fingerprint density at radius 2 is 1.69 bits per heavy atom. The van der Waals surface area contributed by atoms with E-state index in [1.165, 1.54) is 0 Å². The van der Waals surface area contributed by atoms with Crippen LogP contribution in [0.1, 0.15) is 35.1 Å². The van der Waals surface area contributed by atoms with E-state index in [0.29, 0.717) is 6.42 Å². The molecule has 6 heteroatoms. The average molecular weight is 375 g/mol. The van der Waals surface area contributed by atoms with E-state index in [1.807, 2.05) is 45.0 Å². The van der Waals surface area contributed by atoms with Crippen LogP contribution in [0.5, 0.6) is 0 Å². The molecule has 0 aliphatic heterocycles. The van der Waals surface area contributed by atoms with Crippen molar-refractivity contribution >= 4 is 16.0 Å². The van der Waals surface area contributed by atoms with Gasteiger partial charge < -0.3 is 4.74 Å². The van der Waals surface area contributed by atoms with Crippen molar-refractivity contribution in [1.82, 2.24) is 4.72 Å². The molecule has 5 nitrogen and oxygen atoms in total. The molecule has 0 saturated carbocycles. The number of hydrogen-bond acceptors (Lipinski definition) is 4. The zero-order chi connectivity index (χ0) is 19.2. The molecule has 0 unspecified atom stereocenters. The van der Waals surface area contributed by atoms with Gasteiger partial charge in [-0.2, -0.15) is 0 Å². The Morgan fingerprint density at radius 3 is 2.35 bits per heavy atom. The number of sulfonamides is 1. The summed E-state index contributed by atoms with van der Waals surface area (Å²) in [5, 5.41) is 0. The number of aryl methyl sites for hydroxylation is 3. The number of hydrogen-bond donors (Lipinski definition) is 1. The standard InChI is InChI=1S/C20H25NO4S/c1-15-6-9-18(10-7-15)14-25-20(22)5-4-12-21-26(23,24)19-11-8-16(2)17(3)13-19/h6-11,13,21H,4-5,12,14H2,1-3H3. The minimum atomic E-state index is -3.56. The molecule has 0 bridgehead atoms. The second-order valence-electron chi connectivity index (χ2n) is 6.39. The number of nitrogens with one attached hydrogen (secondary N) is 1. The summed E-state index contributed by atoms with van der Waals surface area (Å²) in [6.45, 7) is 6.22. The predicted octanol–water partition coefficient (Wildman–Crippen LogP) is 3.41. The number of ether oxygens (including phenoxy) is 1. The van der Waals surface area contributed by atoms with Gasteiger partial charge in [-0.1, -0.05) is 35.9 Å². The molecule has 26 heavy (non-hydrogen) atoms. The summed E-state index contributed by atoms with van der Waals surface area (Å²) in [5.74, 6) is -0.337. The van der Waals surface area contributed by atoms with Gasteiger partial charge in [-0.3, -0.25) is 4.79 Å². The first-order valence-corrected chi connectivity index (χ1v) is 10.0. The Labute approximate surface area is 155 Å². The van der Waals surface area contributed by atoms with E-state index >= 15 is 0 Å². The maximum atomic E-state index is 12.3. The Hall–Kier alpha value is -2.18. The molecule has 2 aromatic rings. The van der Waals surface area contributed by atoms with Crippen LogP contribution >= 0.6 is 0 Å². The third kappa shape index (κ3) is 5.97. The van der Waals surface area contributed by atoms with Gasteiger partial charge in [-0.25, -0.2) is 13.1 Å². The summed E-state index contributed by atoms with van der Waals surface area (Å²) in [6, 6.07) is 12.8. The average Bonchev–Trinajstić information content (AvgIpc) is 2.60. The molecule has 0 saturated heterocycles. The van der Waals surface area contributed by atoms with Gasteiger partial charge in [0.05, 0.1) is 4.90 Å². The van der Waals surface area contributed by atoms with Crippen LogP contribution < -0.4 is 4.72 Å².